The van der Waals surface area contributed by atoms with E-state index in [4.69, 9.17) is 0 Å². The zero-order valence-corrected chi connectivity index (χ0v) is 15.7. The molecule has 7 nitrogen and oxygen atoms in total. The van der Waals surface area contributed by atoms with E-state index in [1.807, 2.05) is 19.0 Å². The fraction of sp³-hybridized carbons (Fsp3) is 0.263. The summed E-state index contributed by atoms with van der Waals surface area (Å²) >= 11 is 0. The SMILES string of the molecule is CN(C)c1ccc([C@@H](O)CNC(=O)C(=O)Nc2ccc(OC(F)(F)F)cc2)cc1. The van der Waals surface area contributed by atoms with Crippen molar-refractivity contribution in [3.8, 4) is 5.75 Å². The number of nitrogens with one attached hydrogen (secondary N) is 2. The summed E-state index contributed by atoms with van der Waals surface area (Å²) in [5.74, 6) is -2.47. The topological polar surface area (TPSA) is 90.9 Å². The first-order chi connectivity index (χ1) is 13.5. The largest absolute Gasteiger partial charge is 0.573 e. The predicted molar refractivity (Wildman–Crippen MR) is 100 cm³/mol. The second kappa shape index (κ2) is 9.28. The minimum atomic E-state index is -4.82. The van der Waals surface area contributed by atoms with Crippen LogP contribution in [0.25, 0.3) is 0 Å². The Bertz CT molecular complexity index is 837. The fourth-order valence-corrected chi connectivity index (χ4v) is 2.31. The van der Waals surface area contributed by atoms with Gasteiger partial charge >= 0.3 is 18.2 Å². The van der Waals surface area contributed by atoms with Crippen molar-refractivity contribution in [1.82, 2.24) is 5.32 Å². The quantitative estimate of drug-likeness (QED) is 0.636. The molecule has 156 valence electrons. The zero-order chi connectivity index (χ0) is 21.6. The van der Waals surface area contributed by atoms with Gasteiger partial charge in [-0.25, -0.2) is 0 Å². The molecule has 0 aliphatic heterocycles. The zero-order valence-electron chi connectivity index (χ0n) is 15.7. The van der Waals surface area contributed by atoms with E-state index in [2.05, 4.69) is 15.4 Å². The van der Waals surface area contributed by atoms with E-state index in [1.54, 1.807) is 24.3 Å². The molecule has 2 aromatic carbocycles. The molecule has 1 atom stereocenters. The molecule has 0 radical (unpaired) electrons. The van der Waals surface area contributed by atoms with Crippen molar-refractivity contribution in [2.45, 2.75) is 12.5 Å². The van der Waals surface area contributed by atoms with Crippen LogP contribution in [0.2, 0.25) is 0 Å². The van der Waals surface area contributed by atoms with Gasteiger partial charge in [0.05, 0.1) is 6.10 Å². The number of ether oxygens (including phenoxy) is 1. The van der Waals surface area contributed by atoms with Gasteiger partial charge < -0.3 is 25.4 Å². The molecule has 0 aliphatic carbocycles. The molecule has 0 bridgehead atoms. The van der Waals surface area contributed by atoms with Crippen molar-refractivity contribution >= 4 is 23.2 Å². The van der Waals surface area contributed by atoms with Gasteiger partial charge in [-0.05, 0) is 42.0 Å². The number of anilines is 2. The van der Waals surface area contributed by atoms with Crippen molar-refractivity contribution in [3.63, 3.8) is 0 Å². The van der Waals surface area contributed by atoms with Gasteiger partial charge in [-0.2, -0.15) is 0 Å². The molecule has 2 aromatic rings. The highest BCUT2D eigenvalue weighted by molar-refractivity contribution is 6.39. The maximum absolute atomic E-state index is 12.1. The Labute approximate surface area is 165 Å². The van der Waals surface area contributed by atoms with Crippen LogP contribution in [0, 0.1) is 0 Å². The lowest BCUT2D eigenvalue weighted by Gasteiger charge is -2.15. The molecule has 2 amide bonds. The van der Waals surface area contributed by atoms with E-state index in [-0.39, 0.29) is 12.2 Å². The summed E-state index contributed by atoms with van der Waals surface area (Å²) in [6, 6.07) is 11.3. The van der Waals surface area contributed by atoms with E-state index in [0.29, 0.717) is 5.56 Å². The summed E-state index contributed by atoms with van der Waals surface area (Å²) in [6.07, 6.45) is -5.83. The molecule has 0 saturated carbocycles. The van der Waals surface area contributed by atoms with Crippen LogP contribution in [0.1, 0.15) is 11.7 Å². The lowest BCUT2D eigenvalue weighted by Crippen LogP contribution is -2.37. The van der Waals surface area contributed by atoms with E-state index in [9.17, 15) is 27.9 Å². The van der Waals surface area contributed by atoms with Gasteiger partial charge in [0.25, 0.3) is 0 Å². The van der Waals surface area contributed by atoms with Crippen molar-refractivity contribution in [3.05, 3.63) is 54.1 Å². The minimum Gasteiger partial charge on any atom is -0.406 e. The summed E-state index contributed by atoms with van der Waals surface area (Å²) in [6.45, 7) is -0.189. The number of aliphatic hydroxyl groups excluding tert-OH is 1. The van der Waals surface area contributed by atoms with Gasteiger partial charge in [0, 0.05) is 32.0 Å². The van der Waals surface area contributed by atoms with Gasteiger partial charge in [0.1, 0.15) is 5.75 Å². The number of nitrogens with zero attached hydrogens (tertiary/aromatic N) is 1. The molecular formula is C19H20F3N3O4. The summed E-state index contributed by atoms with van der Waals surface area (Å²) in [7, 11) is 3.75. The number of benzene rings is 2. The van der Waals surface area contributed by atoms with E-state index in [1.165, 1.54) is 0 Å². The van der Waals surface area contributed by atoms with Crippen molar-refractivity contribution < 1.29 is 32.6 Å². The smallest absolute Gasteiger partial charge is 0.406 e. The predicted octanol–water partition coefficient (Wildman–Crippen LogP) is 2.44. The highest BCUT2D eigenvalue weighted by Gasteiger charge is 2.31. The molecule has 29 heavy (non-hydrogen) atoms. The molecule has 0 heterocycles. The third-order valence-corrected chi connectivity index (χ3v) is 3.80. The molecule has 0 unspecified atom stereocenters. The Morgan fingerprint density at radius 2 is 1.62 bits per heavy atom. The fourth-order valence-electron chi connectivity index (χ4n) is 2.31. The van der Waals surface area contributed by atoms with E-state index in [0.717, 1.165) is 30.0 Å². The Morgan fingerprint density at radius 1 is 1.03 bits per heavy atom. The number of alkyl halides is 3. The Morgan fingerprint density at radius 3 is 2.14 bits per heavy atom. The van der Waals surface area contributed by atoms with E-state index >= 15 is 0 Å². The molecule has 0 aliphatic rings. The molecule has 0 saturated heterocycles. The first-order valence-corrected chi connectivity index (χ1v) is 8.45. The number of amides is 2. The summed E-state index contributed by atoms with van der Waals surface area (Å²) in [5.41, 5.74) is 1.62. The Balaban J connectivity index is 1.84. The van der Waals surface area contributed by atoms with Crippen LogP contribution in [0.5, 0.6) is 5.75 Å². The number of rotatable bonds is 6. The highest BCUT2D eigenvalue weighted by atomic mass is 19.4. The van der Waals surface area contributed by atoms with Crippen LogP contribution in [0.3, 0.4) is 0 Å². The van der Waals surface area contributed by atoms with Gasteiger partial charge in [0.2, 0.25) is 0 Å². The summed E-state index contributed by atoms with van der Waals surface area (Å²) in [4.78, 5) is 25.6. The van der Waals surface area contributed by atoms with Gasteiger partial charge in [-0.3, -0.25) is 9.59 Å². The normalized spacial score (nSPS) is 12.1. The van der Waals surface area contributed by atoms with Gasteiger partial charge in [0.15, 0.2) is 0 Å². The average Bonchev–Trinajstić information content (AvgIpc) is 2.66. The van der Waals surface area contributed by atoms with Gasteiger partial charge in [-0.15, -0.1) is 13.2 Å². The first-order valence-electron chi connectivity index (χ1n) is 8.45. The number of aliphatic hydroxyl groups is 1. The second-order valence-electron chi connectivity index (χ2n) is 6.24. The molecule has 10 heteroatoms. The van der Waals surface area contributed by atoms with Crippen LogP contribution in [0.15, 0.2) is 48.5 Å². The summed E-state index contributed by atoms with van der Waals surface area (Å²) < 4.78 is 40.1. The molecule has 0 fully saturated rings. The Hall–Kier alpha value is -3.27. The first kappa shape index (κ1) is 22.0. The van der Waals surface area contributed by atoms with Crippen LogP contribution < -0.4 is 20.3 Å². The number of carbonyl (C=O) groups excluding carboxylic acids is 2. The lowest BCUT2D eigenvalue weighted by atomic mass is 10.1. The third kappa shape index (κ3) is 7.00. The Kier molecular flexibility index (Phi) is 7.05. The second-order valence-corrected chi connectivity index (χ2v) is 6.24. The molecular weight excluding hydrogens is 391 g/mol. The maximum atomic E-state index is 12.1. The van der Waals surface area contributed by atoms with Gasteiger partial charge in [-0.1, -0.05) is 12.1 Å². The summed E-state index contributed by atoms with van der Waals surface area (Å²) in [5, 5.41) is 14.7. The molecule has 2 rings (SSSR count). The van der Waals surface area contributed by atoms with Crippen molar-refractivity contribution in [2.75, 3.05) is 30.9 Å². The van der Waals surface area contributed by atoms with Crippen LogP contribution >= 0.6 is 0 Å². The van der Waals surface area contributed by atoms with Crippen LogP contribution in [-0.4, -0.2) is 43.9 Å². The highest BCUT2D eigenvalue weighted by Crippen LogP contribution is 2.24. The van der Waals surface area contributed by atoms with Crippen LogP contribution in [0.4, 0.5) is 24.5 Å². The molecule has 3 N–H and O–H groups in total. The number of hydrogen-bond acceptors (Lipinski definition) is 5. The van der Waals surface area contributed by atoms with Crippen LogP contribution in [-0.2, 0) is 9.59 Å². The third-order valence-electron chi connectivity index (χ3n) is 3.80. The average molecular weight is 411 g/mol. The van der Waals surface area contributed by atoms with Crippen molar-refractivity contribution in [2.24, 2.45) is 0 Å². The number of carbonyl (C=O) groups is 2. The molecule has 0 spiro atoms. The van der Waals surface area contributed by atoms with Crippen molar-refractivity contribution in [1.29, 1.82) is 0 Å². The minimum absolute atomic E-state index is 0.111. The number of halogens is 3. The monoisotopic (exact) mass is 411 g/mol. The van der Waals surface area contributed by atoms with E-state index < -0.39 is 30.0 Å². The number of hydrogen-bond donors (Lipinski definition) is 3. The maximum Gasteiger partial charge on any atom is 0.573 e. The standard InChI is InChI=1S/C19H20F3N3O4/c1-25(2)14-7-3-12(4-8-14)16(26)11-23-17(27)18(28)24-13-5-9-15(10-6-13)29-19(20,21)22/h3-10,16,26H,11H2,1-2H3,(H,23,27)(H,24,28)/t16-/m0/s1. The lowest BCUT2D eigenvalue weighted by molar-refractivity contribution is -0.274. The molecule has 0 aromatic heterocycles.